The second kappa shape index (κ2) is 8.26. The van der Waals surface area contributed by atoms with Crippen LogP contribution in [-0.4, -0.2) is 36.4 Å². The lowest BCUT2D eigenvalue weighted by Crippen LogP contribution is -2.40. The smallest absolute Gasteiger partial charge is 0.387 e. The van der Waals surface area contributed by atoms with Crippen molar-refractivity contribution in [2.24, 2.45) is 5.10 Å². The van der Waals surface area contributed by atoms with Crippen molar-refractivity contribution < 1.29 is 27.8 Å². The van der Waals surface area contributed by atoms with Crippen LogP contribution in [0.4, 0.5) is 13.6 Å². The summed E-state index contributed by atoms with van der Waals surface area (Å²) in [4.78, 5) is 25.1. The third kappa shape index (κ3) is 4.18. The maximum absolute atomic E-state index is 12.8. The standard InChI is InChI=1S/C20H19F2N3O4/c1-3-28-16-11-13(9-10-15(16)29-18(21)22)12-23-25-17(26)20(2,24-19(25)27)14-7-5-4-6-8-14/h4-12,18H,3H2,1-2H3,(H,24,27)/b23-12-/t20-/m0/s1. The highest BCUT2D eigenvalue weighted by atomic mass is 19.3. The van der Waals surface area contributed by atoms with Crippen LogP contribution >= 0.6 is 0 Å². The Hall–Kier alpha value is -3.49. The minimum atomic E-state index is -2.99. The summed E-state index contributed by atoms with van der Waals surface area (Å²) < 4.78 is 34.7. The number of hydrogen-bond acceptors (Lipinski definition) is 5. The summed E-state index contributed by atoms with van der Waals surface area (Å²) in [5.41, 5.74) is -0.173. The summed E-state index contributed by atoms with van der Waals surface area (Å²) in [6.45, 7) is 0.546. The molecule has 0 unspecified atom stereocenters. The van der Waals surface area contributed by atoms with Gasteiger partial charge in [-0.25, -0.2) is 4.79 Å². The molecule has 0 saturated carbocycles. The van der Waals surface area contributed by atoms with Gasteiger partial charge >= 0.3 is 12.6 Å². The lowest BCUT2D eigenvalue weighted by atomic mass is 9.92. The number of nitrogens with zero attached hydrogens (tertiary/aromatic N) is 2. The van der Waals surface area contributed by atoms with Gasteiger partial charge in [-0.3, -0.25) is 4.79 Å². The monoisotopic (exact) mass is 403 g/mol. The Labute approximate surface area is 165 Å². The number of carbonyl (C=O) groups excluding carboxylic acids is 2. The molecule has 1 aliphatic heterocycles. The number of halogens is 2. The average Bonchev–Trinajstić information content (AvgIpc) is 2.92. The number of hydrogen-bond donors (Lipinski definition) is 1. The summed E-state index contributed by atoms with van der Waals surface area (Å²) in [7, 11) is 0. The van der Waals surface area contributed by atoms with E-state index >= 15 is 0 Å². The zero-order valence-corrected chi connectivity index (χ0v) is 15.8. The minimum Gasteiger partial charge on any atom is -0.490 e. The number of carbonyl (C=O) groups is 2. The first-order valence-corrected chi connectivity index (χ1v) is 8.83. The fourth-order valence-electron chi connectivity index (χ4n) is 2.89. The number of amides is 3. The van der Waals surface area contributed by atoms with Crippen molar-refractivity contribution in [1.29, 1.82) is 0 Å². The number of nitrogens with one attached hydrogen (secondary N) is 1. The third-order valence-electron chi connectivity index (χ3n) is 4.33. The molecule has 1 N–H and O–H groups in total. The molecule has 0 aromatic heterocycles. The Morgan fingerprint density at radius 3 is 2.55 bits per heavy atom. The molecule has 1 heterocycles. The Bertz CT molecular complexity index is 937. The molecule has 9 heteroatoms. The van der Waals surface area contributed by atoms with Crippen LogP contribution in [0.3, 0.4) is 0 Å². The fraction of sp³-hybridized carbons (Fsp3) is 0.250. The molecular formula is C20H19F2N3O4. The van der Waals surface area contributed by atoms with E-state index in [2.05, 4.69) is 15.2 Å². The van der Waals surface area contributed by atoms with Crippen LogP contribution in [0.15, 0.2) is 53.6 Å². The molecular weight excluding hydrogens is 384 g/mol. The summed E-state index contributed by atoms with van der Waals surface area (Å²) in [5.74, 6) is -0.554. The van der Waals surface area contributed by atoms with Crippen LogP contribution in [0.5, 0.6) is 11.5 Å². The lowest BCUT2D eigenvalue weighted by Gasteiger charge is -2.20. The molecule has 152 valence electrons. The van der Waals surface area contributed by atoms with E-state index in [9.17, 15) is 18.4 Å². The first kappa shape index (κ1) is 20.2. The van der Waals surface area contributed by atoms with E-state index in [-0.39, 0.29) is 18.1 Å². The van der Waals surface area contributed by atoms with Crippen LogP contribution in [0.2, 0.25) is 0 Å². The van der Waals surface area contributed by atoms with E-state index in [1.54, 1.807) is 44.2 Å². The molecule has 7 nitrogen and oxygen atoms in total. The van der Waals surface area contributed by atoms with E-state index in [1.807, 2.05) is 0 Å². The van der Waals surface area contributed by atoms with Gasteiger partial charge in [-0.05, 0) is 43.2 Å². The molecule has 1 atom stereocenters. The molecule has 1 aliphatic rings. The van der Waals surface area contributed by atoms with Crippen molar-refractivity contribution in [3.8, 4) is 11.5 Å². The SMILES string of the molecule is CCOc1cc(/C=N\N2C(=O)N[C@@](C)(c3ccccc3)C2=O)ccc1OC(F)F. The largest absolute Gasteiger partial charge is 0.490 e. The van der Waals surface area contributed by atoms with Crippen molar-refractivity contribution in [3.63, 3.8) is 0 Å². The van der Waals surface area contributed by atoms with Gasteiger partial charge in [-0.1, -0.05) is 30.3 Å². The highest BCUT2D eigenvalue weighted by Gasteiger charge is 2.49. The fourth-order valence-corrected chi connectivity index (χ4v) is 2.89. The highest BCUT2D eigenvalue weighted by molar-refractivity contribution is 6.07. The number of imide groups is 1. The molecule has 2 aromatic carbocycles. The van der Waals surface area contributed by atoms with Crippen LogP contribution < -0.4 is 14.8 Å². The summed E-state index contributed by atoms with van der Waals surface area (Å²) in [5, 5.41) is 7.34. The predicted molar refractivity (Wildman–Crippen MR) is 101 cm³/mol. The normalized spacial score (nSPS) is 19.1. The van der Waals surface area contributed by atoms with Crippen molar-refractivity contribution in [2.45, 2.75) is 26.0 Å². The van der Waals surface area contributed by atoms with Crippen molar-refractivity contribution in [2.75, 3.05) is 6.61 Å². The van der Waals surface area contributed by atoms with Gasteiger partial charge in [0.1, 0.15) is 5.54 Å². The number of ether oxygens (including phenoxy) is 2. The number of benzene rings is 2. The molecule has 0 spiro atoms. The lowest BCUT2D eigenvalue weighted by molar-refractivity contribution is -0.131. The Morgan fingerprint density at radius 2 is 1.90 bits per heavy atom. The average molecular weight is 403 g/mol. The van der Waals surface area contributed by atoms with Crippen molar-refractivity contribution >= 4 is 18.2 Å². The van der Waals surface area contributed by atoms with E-state index < -0.39 is 24.1 Å². The Balaban J connectivity index is 1.83. The highest BCUT2D eigenvalue weighted by Crippen LogP contribution is 2.31. The quantitative estimate of drug-likeness (QED) is 0.567. The van der Waals surface area contributed by atoms with Gasteiger partial charge in [-0.15, -0.1) is 5.01 Å². The zero-order chi connectivity index (χ0) is 21.0. The van der Waals surface area contributed by atoms with E-state index in [1.165, 1.54) is 24.4 Å². The van der Waals surface area contributed by atoms with Gasteiger partial charge in [0.15, 0.2) is 11.5 Å². The summed E-state index contributed by atoms with van der Waals surface area (Å²) >= 11 is 0. The summed E-state index contributed by atoms with van der Waals surface area (Å²) in [6, 6.07) is 12.3. The Morgan fingerprint density at radius 1 is 1.17 bits per heavy atom. The molecule has 3 rings (SSSR count). The molecule has 0 radical (unpaired) electrons. The topological polar surface area (TPSA) is 80.2 Å². The van der Waals surface area contributed by atoms with E-state index in [4.69, 9.17) is 4.74 Å². The summed E-state index contributed by atoms with van der Waals surface area (Å²) in [6.07, 6.45) is 1.27. The molecule has 0 aliphatic carbocycles. The van der Waals surface area contributed by atoms with E-state index in [0.29, 0.717) is 11.1 Å². The van der Waals surface area contributed by atoms with Gasteiger partial charge in [-0.2, -0.15) is 13.9 Å². The molecule has 1 fully saturated rings. The number of alkyl halides is 2. The molecule has 0 bridgehead atoms. The maximum Gasteiger partial charge on any atom is 0.387 e. The van der Waals surface area contributed by atoms with Crippen LogP contribution in [-0.2, 0) is 10.3 Å². The number of urea groups is 1. The second-order valence-electron chi connectivity index (χ2n) is 6.30. The van der Waals surface area contributed by atoms with Gasteiger partial charge < -0.3 is 14.8 Å². The minimum absolute atomic E-state index is 0.100. The van der Waals surface area contributed by atoms with Crippen molar-refractivity contribution in [1.82, 2.24) is 10.3 Å². The van der Waals surface area contributed by atoms with Gasteiger partial charge in [0.25, 0.3) is 5.91 Å². The second-order valence-corrected chi connectivity index (χ2v) is 6.30. The van der Waals surface area contributed by atoms with Crippen LogP contribution in [0.1, 0.15) is 25.0 Å². The number of rotatable bonds is 7. The van der Waals surface area contributed by atoms with Crippen LogP contribution in [0, 0.1) is 0 Å². The predicted octanol–water partition coefficient (Wildman–Crippen LogP) is 3.49. The zero-order valence-electron chi connectivity index (χ0n) is 15.8. The molecule has 2 aromatic rings. The van der Waals surface area contributed by atoms with Gasteiger partial charge in [0, 0.05) is 0 Å². The van der Waals surface area contributed by atoms with E-state index in [0.717, 1.165) is 5.01 Å². The first-order chi connectivity index (χ1) is 13.8. The molecule has 29 heavy (non-hydrogen) atoms. The van der Waals surface area contributed by atoms with Crippen LogP contribution in [0.25, 0.3) is 0 Å². The maximum atomic E-state index is 12.8. The Kier molecular flexibility index (Phi) is 5.76. The first-order valence-electron chi connectivity index (χ1n) is 8.83. The number of hydrazone groups is 1. The van der Waals surface area contributed by atoms with Gasteiger partial charge in [0.05, 0.1) is 12.8 Å². The van der Waals surface area contributed by atoms with Gasteiger partial charge in [0.2, 0.25) is 0 Å². The van der Waals surface area contributed by atoms with Crippen molar-refractivity contribution in [3.05, 3.63) is 59.7 Å². The molecule has 1 saturated heterocycles. The third-order valence-corrected chi connectivity index (χ3v) is 4.33. The molecule has 3 amide bonds.